The highest BCUT2D eigenvalue weighted by Gasteiger charge is 2.38. The predicted octanol–water partition coefficient (Wildman–Crippen LogP) is 6.52. The highest BCUT2D eigenvalue weighted by molar-refractivity contribution is 5.80. The fourth-order valence-electron chi connectivity index (χ4n) is 5.39. The number of hydrogen-bond donors (Lipinski definition) is 0. The first-order valence-electron chi connectivity index (χ1n) is 15.1. The Morgan fingerprint density at radius 1 is 1.18 bits per heavy atom. The zero-order chi connectivity index (χ0) is 32.1. The number of rotatable bonds is 13. The lowest BCUT2D eigenvalue weighted by atomic mass is 9.92. The van der Waals surface area contributed by atoms with Gasteiger partial charge in [0.1, 0.15) is 11.6 Å². The standard InChI is InChI=1S/C34H45FN4O5/c1-9-18-43-34(8)14-16-38(17-15-34)31-29(30(32(40)42-11-3)44-33(5,6)7)23(4)36-28-20-27(37-39(28)31)22-41-21-25-12-13-26(35)19-24(25)10-2/h9-10,12-13,19-20,30H,1-2,11,14-18,21-22H2,3-8H3/t30-/m0/s1. The largest absolute Gasteiger partial charge is 0.464 e. The van der Waals surface area contributed by atoms with Gasteiger partial charge in [-0.1, -0.05) is 24.8 Å². The van der Waals surface area contributed by atoms with Crippen LogP contribution in [0.25, 0.3) is 11.7 Å². The van der Waals surface area contributed by atoms with Crippen molar-refractivity contribution in [2.75, 3.05) is 31.2 Å². The van der Waals surface area contributed by atoms with Crippen molar-refractivity contribution in [2.24, 2.45) is 0 Å². The molecule has 238 valence electrons. The second-order valence-corrected chi connectivity index (χ2v) is 12.3. The molecule has 1 fully saturated rings. The molecule has 0 aliphatic carbocycles. The SMILES string of the molecule is C=CCOC1(C)CCN(c2c([C@H](OC(C)(C)C)C(=O)OCC)c(C)nc3cc(COCc4ccc(F)cc4C=C)nn23)CC1. The number of esters is 1. The molecular weight excluding hydrogens is 563 g/mol. The maximum Gasteiger partial charge on any atom is 0.340 e. The zero-order valence-electron chi connectivity index (χ0n) is 26.8. The van der Waals surface area contributed by atoms with Crippen molar-refractivity contribution in [1.82, 2.24) is 14.6 Å². The van der Waals surface area contributed by atoms with Gasteiger partial charge in [0.15, 0.2) is 11.8 Å². The Hall–Kier alpha value is -3.60. The van der Waals surface area contributed by atoms with Gasteiger partial charge in [-0.05, 0) is 77.6 Å². The highest BCUT2D eigenvalue weighted by atomic mass is 19.1. The van der Waals surface area contributed by atoms with Crippen LogP contribution in [-0.4, -0.2) is 58.1 Å². The molecule has 0 radical (unpaired) electrons. The average Bonchev–Trinajstić information content (AvgIpc) is 3.37. The number of aromatic nitrogens is 3. The first-order valence-corrected chi connectivity index (χ1v) is 15.1. The fraction of sp³-hybridized carbons (Fsp3) is 0.500. The van der Waals surface area contributed by atoms with Crippen LogP contribution in [0.2, 0.25) is 0 Å². The van der Waals surface area contributed by atoms with Crippen molar-refractivity contribution in [2.45, 2.75) is 84.9 Å². The first-order chi connectivity index (χ1) is 20.9. The minimum absolute atomic E-state index is 0.207. The van der Waals surface area contributed by atoms with Crippen LogP contribution in [0.5, 0.6) is 0 Å². The molecule has 0 unspecified atom stereocenters. The van der Waals surface area contributed by atoms with Crippen LogP contribution < -0.4 is 4.90 Å². The third-order valence-corrected chi connectivity index (χ3v) is 7.59. The molecule has 0 saturated carbocycles. The van der Waals surface area contributed by atoms with Crippen LogP contribution in [0.1, 0.15) is 81.6 Å². The van der Waals surface area contributed by atoms with Crippen molar-refractivity contribution in [3.05, 3.63) is 77.4 Å². The number of benzene rings is 1. The molecule has 3 aromatic rings. The van der Waals surface area contributed by atoms with Crippen LogP contribution in [0.3, 0.4) is 0 Å². The maximum absolute atomic E-state index is 13.7. The van der Waals surface area contributed by atoms with E-state index in [0.717, 1.165) is 24.2 Å². The Balaban J connectivity index is 1.74. The van der Waals surface area contributed by atoms with Gasteiger partial charge in [-0.3, -0.25) is 0 Å². The molecule has 1 saturated heterocycles. The Morgan fingerprint density at radius 3 is 2.55 bits per heavy atom. The molecule has 10 heteroatoms. The van der Waals surface area contributed by atoms with E-state index in [1.54, 1.807) is 29.7 Å². The number of aryl methyl sites for hydroxylation is 1. The lowest BCUT2D eigenvalue weighted by molar-refractivity contribution is -0.166. The summed E-state index contributed by atoms with van der Waals surface area (Å²) in [6.07, 6.45) is 3.91. The number of hydrogen-bond acceptors (Lipinski definition) is 8. The third-order valence-electron chi connectivity index (χ3n) is 7.59. The molecule has 0 N–H and O–H groups in total. The lowest BCUT2D eigenvalue weighted by Crippen LogP contribution is -2.45. The van der Waals surface area contributed by atoms with Gasteiger partial charge in [-0.25, -0.2) is 14.2 Å². The Bertz CT molecular complexity index is 1490. The molecule has 0 spiro atoms. The lowest BCUT2D eigenvalue weighted by Gasteiger charge is -2.41. The fourth-order valence-corrected chi connectivity index (χ4v) is 5.39. The Morgan fingerprint density at radius 2 is 1.91 bits per heavy atom. The number of carbonyl (C=O) groups excluding carboxylic acids is 1. The molecule has 0 bridgehead atoms. The summed E-state index contributed by atoms with van der Waals surface area (Å²) in [5.74, 6) is -0.0629. The summed E-state index contributed by atoms with van der Waals surface area (Å²) in [5, 5.41) is 4.90. The monoisotopic (exact) mass is 608 g/mol. The number of halogens is 1. The van der Waals surface area contributed by atoms with Crippen LogP contribution in [0.15, 0.2) is 43.5 Å². The summed E-state index contributed by atoms with van der Waals surface area (Å²) in [7, 11) is 0. The van der Waals surface area contributed by atoms with Crippen LogP contribution >= 0.6 is 0 Å². The van der Waals surface area contributed by atoms with Gasteiger partial charge in [0.25, 0.3) is 0 Å². The van der Waals surface area contributed by atoms with E-state index in [4.69, 9.17) is 29.0 Å². The topological polar surface area (TPSA) is 87.4 Å². The van der Waals surface area contributed by atoms with E-state index in [2.05, 4.69) is 25.0 Å². The van der Waals surface area contributed by atoms with Crippen molar-refractivity contribution in [3.63, 3.8) is 0 Å². The summed E-state index contributed by atoms with van der Waals surface area (Å²) >= 11 is 0. The van der Waals surface area contributed by atoms with E-state index in [1.807, 2.05) is 33.8 Å². The van der Waals surface area contributed by atoms with Gasteiger partial charge in [0.2, 0.25) is 0 Å². The van der Waals surface area contributed by atoms with Crippen LogP contribution in [-0.2, 0) is 37.0 Å². The molecule has 44 heavy (non-hydrogen) atoms. The van der Waals surface area contributed by atoms with Gasteiger partial charge < -0.3 is 23.8 Å². The molecule has 1 aromatic carbocycles. The number of ether oxygens (including phenoxy) is 4. The molecule has 1 aliphatic heterocycles. The van der Waals surface area contributed by atoms with E-state index in [-0.39, 0.29) is 31.2 Å². The van der Waals surface area contributed by atoms with Crippen molar-refractivity contribution < 1.29 is 28.1 Å². The second-order valence-electron chi connectivity index (χ2n) is 12.3. The quantitative estimate of drug-likeness (QED) is 0.160. The maximum atomic E-state index is 13.7. The number of nitrogens with zero attached hydrogens (tertiary/aromatic N) is 4. The van der Waals surface area contributed by atoms with Crippen molar-refractivity contribution in [1.29, 1.82) is 0 Å². The first kappa shape index (κ1) is 33.3. The van der Waals surface area contributed by atoms with E-state index < -0.39 is 17.7 Å². The summed E-state index contributed by atoms with van der Waals surface area (Å²) in [6.45, 7) is 21.6. The average molecular weight is 609 g/mol. The molecule has 1 atom stereocenters. The van der Waals surface area contributed by atoms with Gasteiger partial charge in [0, 0.05) is 24.8 Å². The molecular formula is C34H45FN4O5. The minimum Gasteiger partial charge on any atom is -0.464 e. The minimum atomic E-state index is -1.01. The molecule has 3 heterocycles. The van der Waals surface area contributed by atoms with E-state index in [1.165, 1.54) is 12.1 Å². The van der Waals surface area contributed by atoms with E-state index in [0.29, 0.717) is 47.9 Å². The van der Waals surface area contributed by atoms with Crippen molar-refractivity contribution >= 4 is 23.5 Å². The number of fused-ring (bicyclic) bond motifs is 1. The molecule has 0 amide bonds. The summed E-state index contributed by atoms with van der Waals surface area (Å²) in [6, 6.07) is 6.41. The van der Waals surface area contributed by atoms with Crippen molar-refractivity contribution in [3.8, 4) is 0 Å². The van der Waals surface area contributed by atoms with Gasteiger partial charge >= 0.3 is 5.97 Å². The summed E-state index contributed by atoms with van der Waals surface area (Å²) in [5.41, 5.74) is 3.15. The number of carbonyl (C=O) groups is 1. The number of anilines is 1. The predicted molar refractivity (Wildman–Crippen MR) is 169 cm³/mol. The molecule has 4 rings (SSSR count). The van der Waals surface area contributed by atoms with E-state index in [9.17, 15) is 9.18 Å². The normalized spacial score (nSPS) is 15.8. The van der Waals surface area contributed by atoms with E-state index >= 15 is 0 Å². The second kappa shape index (κ2) is 14.0. The number of piperidine rings is 1. The van der Waals surface area contributed by atoms with Gasteiger partial charge in [-0.15, -0.1) is 6.58 Å². The summed E-state index contributed by atoms with van der Waals surface area (Å²) < 4.78 is 39.4. The zero-order valence-corrected chi connectivity index (χ0v) is 26.8. The van der Waals surface area contributed by atoms with Crippen LogP contribution in [0.4, 0.5) is 10.2 Å². The Labute approximate surface area is 259 Å². The van der Waals surface area contributed by atoms with Gasteiger partial charge in [0.05, 0.1) is 48.9 Å². The third kappa shape index (κ3) is 7.91. The Kier molecular flexibility index (Phi) is 10.6. The molecule has 2 aromatic heterocycles. The van der Waals surface area contributed by atoms with Crippen LogP contribution in [0, 0.1) is 12.7 Å². The smallest absolute Gasteiger partial charge is 0.340 e. The molecule has 1 aliphatic rings. The van der Waals surface area contributed by atoms with Gasteiger partial charge in [-0.2, -0.15) is 9.61 Å². The molecule has 9 nitrogen and oxygen atoms in total. The highest BCUT2D eigenvalue weighted by Crippen LogP contribution is 2.38. The summed E-state index contributed by atoms with van der Waals surface area (Å²) in [4.78, 5) is 20.5.